The molecule has 1 aliphatic carbocycles. The highest BCUT2D eigenvalue weighted by molar-refractivity contribution is 5.98. The summed E-state index contributed by atoms with van der Waals surface area (Å²) in [6.45, 7) is 0.760. The lowest BCUT2D eigenvalue weighted by Gasteiger charge is -2.17. The molecule has 0 spiro atoms. The van der Waals surface area contributed by atoms with E-state index in [0.717, 1.165) is 36.2 Å². The van der Waals surface area contributed by atoms with Crippen LogP contribution >= 0.6 is 0 Å². The average molecular weight is 274 g/mol. The predicted octanol–water partition coefficient (Wildman–Crippen LogP) is 1.57. The normalized spacial score (nSPS) is 16.9. The van der Waals surface area contributed by atoms with Crippen molar-refractivity contribution < 1.29 is 14.3 Å². The van der Waals surface area contributed by atoms with Crippen LogP contribution in [-0.2, 0) is 20.7 Å². The van der Waals surface area contributed by atoms with Gasteiger partial charge in [0.05, 0.1) is 0 Å². The molecule has 2 aliphatic rings. The summed E-state index contributed by atoms with van der Waals surface area (Å²) >= 11 is 0. The number of nitrogens with zero attached hydrogens (tertiary/aromatic N) is 1. The van der Waals surface area contributed by atoms with Gasteiger partial charge in [0.15, 0.2) is 0 Å². The third kappa shape index (κ3) is 2.54. The molecule has 20 heavy (non-hydrogen) atoms. The number of fused-ring (bicyclic) bond motifs is 1. The van der Waals surface area contributed by atoms with Crippen LogP contribution in [0.1, 0.15) is 18.4 Å². The first-order valence-electron chi connectivity index (χ1n) is 6.92. The van der Waals surface area contributed by atoms with Gasteiger partial charge in [0.2, 0.25) is 5.91 Å². The maximum Gasteiger partial charge on any atom is 0.252 e. The maximum absolute atomic E-state index is 12.0. The molecule has 1 aromatic rings. The molecule has 1 heterocycles. The summed E-state index contributed by atoms with van der Waals surface area (Å²) in [7, 11) is 1.52. The van der Waals surface area contributed by atoms with Crippen LogP contribution in [0.3, 0.4) is 0 Å². The van der Waals surface area contributed by atoms with Gasteiger partial charge in [-0.2, -0.15) is 0 Å². The Bertz CT molecular complexity index is 552. The van der Waals surface area contributed by atoms with E-state index in [2.05, 4.69) is 5.32 Å². The van der Waals surface area contributed by atoms with Crippen molar-refractivity contribution >= 4 is 23.2 Å². The van der Waals surface area contributed by atoms with Crippen molar-refractivity contribution in [1.82, 2.24) is 0 Å². The number of amides is 2. The number of benzene rings is 1. The molecule has 5 nitrogen and oxygen atoms in total. The SMILES string of the molecule is COCC(=O)N1CCc2ccc(NC(=O)C3CC3)cc21. The molecule has 1 aliphatic heterocycles. The maximum atomic E-state index is 12.0. The summed E-state index contributed by atoms with van der Waals surface area (Å²) in [5, 5.41) is 2.92. The van der Waals surface area contributed by atoms with Gasteiger partial charge in [0.1, 0.15) is 6.61 Å². The van der Waals surface area contributed by atoms with Gasteiger partial charge in [0, 0.05) is 30.9 Å². The van der Waals surface area contributed by atoms with Crippen molar-refractivity contribution in [3.05, 3.63) is 23.8 Å². The van der Waals surface area contributed by atoms with E-state index in [1.807, 2.05) is 18.2 Å². The molecule has 106 valence electrons. The number of hydrogen-bond donors (Lipinski definition) is 1. The minimum absolute atomic E-state index is 0.0445. The van der Waals surface area contributed by atoms with E-state index in [4.69, 9.17) is 4.74 Å². The molecule has 0 aromatic heterocycles. The van der Waals surface area contributed by atoms with Gasteiger partial charge in [0.25, 0.3) is 5.91 Å². The first-order valence-corrected chi connectivity index (χ1v) is 6.92. The first-order chi connectivity index (χ1) is 9.69. The number of anilines is 2. The quantitative estimate of drug-likeness (QED) is 0.906. The van der Waals surface area contributed by atoms with Crippen LogP contribution in [0.4, 0.5) is 11.4 Å². The van der Waals surface area contributed by atoms with Gasteiger partial charge in [-0.15, -0.1) is 0 Å². The number of rotatable bonds is 4. The zero-order valence-electron chi connectivity index (χ0n) is 11.5. The Balaban J connectivity index is 1.78. The fourth-order valence-corrected chi connectivity index (χ4v) is 2.51. The zero-order valence-corrected chi connectivity index (χ0v) is 11.5. The Morgan fingerprint density at radius 3 is 2.90 bits per heavy atom. The number of methoxy groups -OCH3 is 1. The summed E-state index contributed by atoms with van der Waals surface area (Å²) in [6, 6.07) is 5.78. The lowest BCUT2D eigenvalue weighted by atomic mass is 10.1. The molecule has 1 fully saturated rings. The van der Waals surface area contributed by atoms with Gasteiger partial charge in [-0.1, -0.05) is 6.07 Å². The van der Waals surface area contributed by atoms with Crippen molar-refractivity contribution in [3.8, 4) is 0 Å². The number of nitrogens with one attached hydrogen (secondary N) is 1. The molecule has 5 heteroatoms. The molecular formula is C15H18N2O3. The van der Waals surface area contributed by atoms with Gasteiger partial charge < -0.3 is 15.0 Å². The smallest absolute Gasteiger partial charge is 0.252 e. The fourth-order valence-electron chi connectivity index (χ4n) is 2.51. The lowest BCUT2D eigenvalue weighted by molar-refractivity contribution is -0.122. The van der Waals surface area contributed by atoms with Gasteiger partial charge in [-0.25, -0.2) is 0 Å². The lowest BCUT2D eigenvalue weighted by Crippen LogP contribution is -2.32. The summed E-state index contributed by atoms with van der Waals surface area (Å²) in [5.74, 6) is 0.212. The number of carbonyl (C=O) groups excluding carboxylic acids is 2. The monoisotopic (exact) mass is 274 g/mol. The predicted molar refractivity (Wildman–Crippen MR) is 75.7 cm³/mol. The third-order valence-electron chi connectivity index (χ3n) is 3.77. The molecule has 3 rings (SSSR count). The molecule has 0 atom stereocenters. The van der Waals surface area contributed by atoms with Crippen molar-refractivity contribution in [2.24, 2.45) is 5.92 Å². The van der Waals surface area contributed by atoms with Gasteiger partial charge >= 0.3 is 0 Å². The summed E-state index contributed by atoms with van der Waals surface area (Å²) in [6.07, 6.45) is 2.81. The van der Waals surface area contributed by atoms with Crippen LogP contribution in [0.2, 0.25) is 0 Å². The van der Waals surface area contributed by atoms with E-state index in [0.29, 0.717) is 6.54 Å². The fraction of sp³-hybridized carbons (Fsp3) is 0.467. The Labute approximate surface area is 117 Å². The second-order valence-corrected chi connectivity index (χ2v) is 5.34. The molecular weight excluding hydrogens is 256 g/mol. The van der Waals surface area contributed by atoms with Crippen molar-refractivity contribution in [2.45, 2.75) is 19.3 Å². The summed E-state index contributed by atoms with van der Waals surface area (Å²) < 4.78 is 4.90. The van der Waals surface area contributed by atoms with Crippen LogP contribution in [-0.4, -0.2) is 32.1 Å². The number of ether oxygens (including phenoxy) is 1. The topological polar surface area (TPSA) is 58.6 Å². The van der Waals surface area contributed by atoms with Crippen LogP contribution < -0.4 is 10.2 Å². The van der Waals surface area contributed by atoms with Crippen molar-refractivity contribution in [3.63, 3.8) is 0 Å². The minimum atomic E-state index is -0.0445. The highest BCUT2D eigenvalue weighted by Crippen LogP contribution is 2.33. The molecule has 0 unspecified atom stereocenters. The largest absolute Gasteiger partial charge is 0.375 e. The van der Waals surface area contributed by atoms with Crippen LogP contribution in [0, 0.1) is 5.92 Å². The van der Waals surface area contributed by atoms with E-state index >= 15 is 0 Å². The van der Waals surface area contributed by atoms with Crippen LogP contribution in [0.5, 0.6) is 0 Å². The molecule has 0 radical (unpaired) electrons. The highest BCUT2D eigenvalue weighted by atomic mass is 16.5. The number of carbonyl (C=O) groups is 2. The van der Waals surface area contributed by atoms with Gasteiger partial charge in [-0.05, 0) is 37.0 Å². The zero-order chi connectivity index (χ0) is 14.1. The number of hydrogen-bond acceptors (Lipinski definition) is 3. The Morgan fingerprint density at radius 2 is 2.20 bits per heavy atom. The molecule has 1 saturated carbocycles. The van der Waals surface area contributed by atoms with E-state index in [1.165, 1.54) is 7.11 Å². The average Bonchev–Trinajstić information content (AvgIpc) is 3.19. The first kappa shape index (κ1) is 13.1. The summed E-state index contributed by atoms with van der Waals surface area (Å²) in [4.78, 5) is 25.5. The molecule has 1 aromatic carbocycles. The second kappa shape index (κ2) is 5.25. The second-order valence-electron chi connectivity index (χ2n) is 5.34. The standard InChI is InChI=1S/C15H18N2O3/c1-20-9-14(18)17-7-6-10-4-5-12(8-13(10)17)16-15(19)11-2-3-11/h4-5,8,11H,2-3,6-7,9H2,1H3,(H,16,19). The van der Waals surface area contributed by atoms with E-state index in [9.17, 15) is 9.59 Å². The molecule has 2 amide bonds. The van der Waals surface area contributed by atoms with Crippen molar-refractivity contribution in [2.75, 3.05) is 30.5 Å². The van der Waals surface area contributed by atoms with E-state index in [1.54, 1.807) is 4.90 Å². The molecule has 1 N–H and O–H groups in total. The van der Waals surface area contributed by atoms with Crippen LogP contribution in [0.15, 0.2) is 18.2 Å². The summed E-state index contributed by atoms with van der Waals surface area (Å²) in [5.41, 5.74) is 2.79. The Hall–Kier alpha value is -1.88. The molecule has 0 saturated heterocycles. The van der Waals surface area contributed by atoms with Gasteiger partial charge in [-0.3, -0.25) is 9.59 Å². The van der Waals surface area contributed by atoms with Crippen LogP contribution in [0.25, 0.3) is 0 Å². The Morgan fingerprint density at radius 1 is 1.40 bits per heavy atom. The van der Waals surface area contributed by atoms with Crippen molar-refractivity contribution in [1.29, 1.82) is 0 Å². The Kier molecular flexibility index (Phi) is 3.44. The van der Waals surface area contributed by atoms with E-state index < -0.39 is 0 Å². The van der Waals surface area contributed by atoms with E-state index in [-0.39, 0.29) is 24.3 Å². The third-order valence-corrected chi connectivity index (χ3v) is 3.77. The molecule has 0 bridgehead atoms. The minimum Gasteiger partial charge on any atom is -0.375 e. The highest BCUT2D eigenvalue weighted by Gasteiger charge is 2.30.